The molecule has 0 aliphatic carbocycles. The van der Waals surface area contributed by atoms with E-state index in [0.29, 0.717) is 30.6 Å². The van der Waals surface area contributed by atoms with Crippen LogP contribution in [0.5, 0.6) is 0 Å². The highest BCUT2D eigenvalue weighted by atomic mass is 19.1. The Hall–Kier alpha value is -3.22. The van der Waals surface area contributed by atoms with E-state index in [-0.39, 0.29) is 17.9 Å². The highest BCUT2D eigenvalue weighted by Crippen LogP contribution is 2.25. The first kappa shape index (κ1) is 18.6. The van der Waals surface area contributed by atoms with E-state index in [1.807, 2.05) is 0 Å². The van der Waals surface area contributed by atoms with Crippen molar-refractivity contribution in [1.29, 1.82) is 0 Å². The van der Waals surface area contributed by atoms with Gasteiger partial charge < -0.3 is 15.3 Å². The molecule has 1 aliphatic rings. The van der Waals surface area contributed by atoms with E-state index >= 15 is 0 Å². The molecule has 27 heavy (non-hydrogen) atoms. The van der Waals surface area contributed by atoms with E-state index in [9.17, 15) is 18.8 Å². The maximum absolute atomic E-state index is 14.2. The van der Waals surface area contributed by atoms with E-state index in [1.54, 1.807) is 30.3 Å². The summed E-state index contributed by atoms with van der Waals surface area (Å²) in [6, 6.07) is 11.8. The van der Waals surface area contributed by atoms with Crippen LogP contribution in [0.15, 0.2) is 48.5 Å². The van der Waals surface area contributed by atoms with Gasteiger partial charge in [0, 0.05) is 18.7 Å². The van der Waals surface area contributed by atoms with Gasteiger partial charge in [-0.25, -0.2) is 4.39 Å². The third-order valence-electron chi connectivity index (χ3n) is 4.47. The third-order valence-corrected chi connectivity index (χ3v) is 4.47. The Balaban J connectivity index is 1.85. The molecule has 2 N–H and O–H groups in total. The lowest BCUT2D eigenvalue weighted by molar-refractivity contribution is -0.137. The van der Waals surface area contributed by atoms with Crippen LogP contribution in [-0.2, 0) is 9.59 Å². The van der Waals surface area contributed by atoms with Crippen molar-refractivity contribution in [3.8, 4) is 0 Å². The van der Waals surface area contributed by atoms with Gasteiger partial charge in [-0.1, -0.05) is 30.3 Å². The van der Waals surface area contributed by atoms with Gasteiger partial charge in [0.2, 0.25) is 5.91 Å². The number of nitrogens with one attached hydrogen (secondary N) is 1. The lowest BCUT2D eigenvalue weighted by atomic mass is 10.0. The zero-order valence-electron chi connectivity index (χ0n) is 14.5. The molecular weight excluding hydrogens is 351 g/mol. The number of anilines is 1. The molecule has 7 heteroatoms. The highest BCUT2D eigenvalue weighted by Gasteiger charge is 2.25. The average molecular weight is 370 g/mol. The quantitative estimate of drug-likeness (QED) is 0.819. The van der Waals surface area contributed by atoms with Gasteiger partial charge in [-0.2, -0.15) is 0 Å². The lowest BCUT2D eigenvalue weighted by Gasteiger charge is -2.19. The summed E-state index contributed by atoms with van der Waals surface area (Å²) in [6.07, 6.45) is 0.807. The number of carboxylic acids is 1. The fourth-order valence-electron chi connectivity index (χ4n) is 3.12. The molecule has 0 bridgehead atoms. The van der Waals surface area contributed by atoms with Crippen molar-refractivity contribution >= 4 is 23.5 Å². The van der Waals surface area contributed by atoms with Crippen LogP contribution in [0, 0.1) is 5.82 Å². The molecule has 1 fully saturated rings. The van der Waals surface area contributed by atoms with Crippen LogP contribution in [0.1, 0.15) is 41.2 Å². The van der Waals surface area contributed by atoms with E-state index in [1.165, 1.54) is 17.0 Å². The van der Waals surface area contributed by atoms with E-state index < -0.39 is 23.7 Å². The summed E-state index contributed by atoms with van der Waals surface area (Å²) in [5.74, 6) is -2.61. The number of carbonyl (C=O) groups is 3. The maximum Gasteiger partial charge on any atom is 0.305 e. The van der Waals surface area contributed by atoms with Crippen LogP contribution in [0.4, 0.5) is 10.1 Å². The Bertz CT molecular complexity index is 870. The minimum Gasteiger partial charge on any atom is -0.481 e. The van der Waals surface area contributed by atoms with Gasteiger partial charge in [0.05, 0.1) is 18.0 Å². The molecular formula is C20H19FN2O4. The number of amides is 2. The normalized spacial score (nSPS) is 14.9. The standard InChI is InChI=1S/C20H19FN2O4/c21-16-9-8-14(23-10-4-7-18(23)24)11-15(16)20(27)22-17(12-19(25)26)13-5-2-1-3-6-13/h1-3,5-6,8-9,11,17H,4,7,10,12H2,(H,22,27)(H,25,26)/t17-/m1/s1. The van der Waals surface area contributed by atoms with Crippen molar-refractivity contribution < 1.29 is 23.9 Å². The second-order valence-electron chi connectivity index (χ2n) is 6.35. The van der Waals surface area contributed by atoms with Crippen molar-refractivity contribution in [1.82, 2.24) is 5.32 Å². The molecule has 0 spiro atoms. The molecule has 2 aromatic rings. The Morgan fingerprint density at radius 1 is 1.19 bits per heavy atom. The van der Waals surface area contributed by atoms with Gasteiger partial charge in [0.15, 0.2) is 0 Å². The van der Waals surface area contributed by atoms with Gasteiger partial charge >= 0.3 is 5.97 Å². The molecule has 140 valence electrons. The lowest BCUT2D eigenvalue weighted by Crippen LogP contribution is -2.31. The number of rotatable bonds is 6. The number of aliphatic carboxylic acids is 1. The molecule has 1 saturated heterocycles. The third kappa shape index (κ3) is 4.31. The fourth-order valence-corrected chi connectivity index (χ4v) is 3.12. The van der Waals surface area contributed by atoms with Gasteiger partial charge in [0.1, 0.15) is 5.82 Å². The molecule has 0 aromatic heterocycles. The minimum atomic E-state index is -1.08. The predicted octanol–water partition coefficient (Wildman–Crippen LogP) is 2.90. The van der Waals surface area contributed by atoms with Gasteiger partial charge in [-0.15, -0.1) is 0 Å². The summed E-state index contributed by atoms with van der Waals surface area (Å²) in [6.45, 7) is 0.525. The Labute approximate surface area is 155 Å². The molecule has 3 rings (SSSR count). The van der Waals surface area contributed by atoms with Crippen LogP contribution in [0.3, 0.4) is 0 Å². The monoisotopic (exact) mass is 370 g/mol. The van der Waals surface area contributed by atoms with Crippen molar-refractivity contribution in [3.63, 3.8) is 0 Å². The smallest absolute Gasteiger partial charge is 0.305 e. The maximum atomic E-state index is 14.2. The molecule has 2 amide bonds. The van der Waals surface area contributed by atoms with Crippen molar-refractivity contribution in [2.45, 2.75) is 25.3 Å². The summed E-state index contributed by atoms with van der Waals surface area (Å²) in [4.78, 5) is 37.2. The van der Waals surface area contributed by atoms with Crippen molar-refractivity contribution in [3.05, 3.63) is 65.5 Å². The molecule has 2 aromatic carbocycles. The summed E-state index contributed by atoms with van der Waals surface area (Å²) < 4.78 is 14.2. The molecule has 0 saturated carbocycles. The summed E-state index contributed by atoms with van der Waals surface area (Å²) in [7, 11) is 0. The number of hydrogen-bond donors (Lipinski definition) is 2. The molecule has 6 nitrogen and oxygen atoms in total. The predicted molar refractivity (Wildman–Crippen MR) is 96.9 cm³/mol. The van der Waals surface area contributed by atoms with E-state index in [2.05, 4.69) is 5.32 Å². The molecule has 1 aliphatic heterocycles. The van der Waals surface area contributed by atoms with Crippen LogP contribution in [0.2, 0.25) is 0 Å². The average Bonchev–Trinajstić information content (AvgIpc) is 3.08. The number of carboxylic acid groups (broad SMARTS) is 1. The second-order valence-corrected chi connectivity index (χ2v) is 6.35. The van der Waals surface area contributed by atoms with Crippen molar-refractivity contribution in [2.24, 2.45) is 0 Å². The topological polar surface area (TPSA) is 86.7 Å². The summed E-state index contributed by atoms with van der Waals surface area (Å²) in [5, 5.41) is 11.7. The minimum absolute atomic E-state index is 0.0685. The van der Waals surface area contributed by atoms with E-state index in [0.717, 1.165) is 6.07 Å². The first-order valence-corrected chi connectivity index (χ1v) is 8.63. The van der Waals surface area contributed by atoms with Gasteiger partial charge in [-0.05, 0) is 30.2 Å². The Morgan fingerprint density at radius 2 is 1.93 bits per heavy atom. The zero-order valence-corrected chi connectivity index (χ0v) is 14.5. The summed E-state index contributed by atoms with van der Waals surface area (Å²) in [5.41, 5.74) is 0.844. The van der Waals surface area contributed by atoms with Crippen LogP contribution in [0.25, 0.3) is 0 Å². The SMILES string of the molecule is O=C(O)C[C@@H](NC(=O)c1cc(N2CCCC2=O)ccc1F)c1ccccc1. The van der Waals surface area contributed by atoms with Crippen molar-refractivity contribution in [2.75, 3.05) is 11.4 Å². The molecule has 0 unspecified atom stereocenters. The Kier molecular flexibility index (Phi) is 5.49. The van der Waals surface area contributed by atoms with Crippen LogP contribution in [-0.4, -0.2) is 29.4 Å². The first-order valence-electron chi connectivity index (χ1n) is 8.63. The van der Waals surface area contributed by atoms with Crippen LogP contribution >= 0.6 is 0 Å². The van der Waals surface area contributed by atoms with E-state index in [4.69, 9.17) is 5.11 Å². The number of carbonyl (C=O) groups excluding carboxylic acids is 2. The fraction of sp³-hybridized carbons (Fsp3) is 0.250. The second kappa shape index (κ2) is 7.99. The van der Waals surface area contributed by atoms with Crippen LogP contribution < -0.4 is 10.2 Å². The zero-order chi connectivity index (χ0) is 19.4. The molecule has 1 heterocycles. The van der Waals surface area contributed by atoms with Gasteiger partial charge in [0.25, 0.3) is 5.91 Å². The summed E-state index contributed by atoms with van der Waals surface area (Å²) >= 11 is 0. The number of halogens is 1. The number of hydrogen-bond acceptors (Lipinski definition) is 3. The Morgan fingerprint density at radius 3 is 2.56 bits per heavy atom. The largest absolute Gasteiger partial charge is 0.481 e. The van der Waals surface area contributed by atoms with Gasteiger partial charge in [-0.3, -0.25) is 14.4 Å². The molecule has 1 atom stereocenters. The number of benzene rings is 2. The number of nitrogens with zero attached hydrogens (tertiary/aromatic N) is 1. The highest BCUT2D eigenvalue weighted by molar-refractivity contribution is 5.99. The first-order chi connectivity index (χ1) is 13.0. The molecule has 0 radical (unpaired) electrons.